The molecule has 3 aromatic rings. The van der Waals surface area contributed by atoms with Gasteiger partial charge in [0.1, 0.15) is 17.0 Å². The first-order chi connectivity index (χ1) is 16.1. The Morgan fingerprint density at radius 3 is 2.33 bits per heavy atom. The molecule has 0 atom stereocenters. The molecule has 4 rings (SSSR count). The van der Waals surface area contributed by atoms with Gasteiger partial charge in [-0.25, -0.2) is 4.98 Å². The Morgan fingerprint density at radius 1 is 0.939 bits per heavy atom. The summed E-state index contributed by atoms with van der Waals surface area (Å²) in [5, 5.41) is 2.68. The van der Waals surface area contributed by atoms with E-state index in [0.29, 0.717) is 29.9 Å². The number of pyridine rings is 1. The molecule has 2 aromatic carbocycles. The molecule has 0 radical (unpaired) electrons. The van der Waals surface area contributed by atoms with Crippen molar-refractivity contribution in [3.8, 4) is 5.75 Å². The molecular weight excluding hydrogens is 484 g/mol. The monoisotopic (exact) mass is 508 g/mol. The standard InChI is InChI=1S/C25H25BrN4O3/c26-23-11-6-20(16-27-23)25(32)28-17-24(31)30-14-12-29(13-15-30)21-7-9-22(10-8-21)33-18-19-4-2-1-3-5-19/h1-11,16H,12-15,17-18H2,(H,28,32). The van der Waals surface area contributed by atoms with Crippen LogP contribution in [0.15, 0.2) is 77.5 Å². The number of hydrogen-bond donors (Lipinski definition) is 1. The minimum Gasteiger partial charge on any atom is -0.489 e. The lowest BCUT2D eigenvalue weighted by atomic mass is 10.2. The molecule has 1 aliphatic heterocycles. The van der Waals surface area contributed by atoms with Crippen molar-refractivity contribution in [2.45, 2.75) is 6.61 Å². The van der Waals surface area contributed by atoms with Crippen LogP contribution in [0.3, 0.4) is 0 Å². The van der Waals surface area contributed by atoms with Gasteiger partial charge in [0.2, 0.25) is 5.91 Å². The van der Waals surface area contributed by atoms with Gasteiger partial charge >= 0.3 is 0 Å². The zero-order valence-corrected chi connectivity index (χ0v) is 19.7. The van der Waals surface area contributed by atoms with Crippen molar-refractivity contribution in [2.24, 2.45) is 0 Å². The van der Waals surface area contributed by atoms with Crippen molar-refractivity contribution >= 4 is 33.4 Å². The van der Waals surface area contributed by atoms with E-state index in [1.807, 2.05) is 54.6 Å². The number of rotatable bonds is 7. The normalized spacial score (nSPS) is 13.5. The zero-order chi connectivity index (χ0) is 23.0. The van der Waals surface area contributed by atoms with Gasteiger partial charge in [-0.2, -0.15) is 0 Å². The number of ether oxygens (including phenoxy) is 1. The van der Waals surface area contributed by atoms with Gasteiger partial charge in [0.25, 0.3) is 5.91 Å². The Morgan fingerprint density at radius 2 is 1.67 bits per heavy atom. The van der Waals surface area contributed by atoms with E-state index in [1.54, 1.807) is 17.0 Å². The second-order valence-electron chi connectivity index (χ2n) is 7.69. The lowest BCUT2D eigenvalue weighted by Crippen LogP contribution is -2.51. The molecule has 7 nitrogen and oxygen atoms in total. The molecule has 33 heavy (non-hydrogen) atoms. The van der Waals surface area contributed by atoms with Crippen LogP contribution < -0.4 is 15.0 Å². The SMILES string of the molecule is O=C(NCC(=O)N1CCN(c2ccc(OCc3ccccc3)cc2)CC1)c1ccc(Br)nc1. The molecule has 170 valence electrons. The molecule has 2 heterocycles. The summed E-state index contributed by atoms with van der Waals surface area (Å²) >= 11 is 3.24. The van der Waals surface area contributed by atoms with E-state index < -0.39 is 0 Å². The Hall–Kier alpha value is -3.39. The molecular formula is C25H25BrN4O3. The quantitative estimate of drug-likeness (QED) is 0.494. The van der Waals surface area contributed by atoms with E-state index in [2.05, 4.69) is 31.1 Å². The molecule has 8 heteroatoms. The molecule has 1 N–H and O–H groups in total. The smallest absolute Gasteiger partial charge is 0.253 e. The van der Waals surface area contributed by atoms with E-state index in [0.717, 1.165) is 30.1 Å². The lowest BCUT2D eigenvalue weighted by Gasteiger charge is -2.36. The summed E-state index contributed by atoms with van der Waals surface area (Å²) in [6.07, 6.45) is 1.47. The molecule has 1 saturated heterocycles. The third kappa shape index (κ3) is 6.32. The molecule has 0 unspecified atom stereocenters. The number of piperazine rings is 1. The highest BCUT2D eigenvalue weighted by molar-refractivity contribution is 9.10. The third-order valence-electron chi connectivity index (χ3n) is 5.47. The van der Waals surface area contributed by atoms with E-state index in [1.165, 1.54) is 6.20 Å². The third-order valence-corrected chi connectivity index (χ3v) is 5.94. The van der Waals surface area contributed by atoms with E-state index >= 15 is 0 Å². The molecule has 2 amide bonds. The van der Waals surface area contributed by atoms with Crippen molar-refractivity contribution in [2.75, 3.05) is 37.6 Å². The Kier molecular flexibility index (Phi) is 7.57. The van der Waals surface area contributed by atoms with Crippen molar-refractivity contribution in [1.82, 2.24) is 15.2 Å². The minimum absolute atomic E-state index is 0.0254. The summed E-state index contributed by atoms with van der Waals surface area (Å²) in [6.45, 7) is 3.21. The number of carbonyl (C=O) groups is 2. The average molecular weight is 509 g/mol. The van der Waals surface area contributed by atoms with Crippen LogP contribution in [0.2, 0.25) is 0 Å². The Balaban J connectivity index is 1.21. The van der Waals surface area contributed by atoms with Crippen LogP contribution in [0.25, 0.3) is 0 Å². The first-order valence-electron chi connectivity index (χ1n) is 10.8. The van der Waals surface area contributed by atoms with E-state index in [4.69, 9.17) is 4.74 Å². The van der Waals surface area contributed by atoms with Gasteiger partial charge in [-0.15, -0.1) is 0 Å². The van der Waals surface area contributed by atoms with Gasteiger partial charge in [0.15, 0.2) is 0 Å². The van der Waals surface area contributed by atoms with Crippen molar-refractivity contribution in [3.63, 3.8) is 0 Å². The molecule has 0 spiro atoms. The minimum atomic E-state index is -0.309. The highest BCUT2D eigenvalue weighted by Gasteiger charge is 2.21. The first-order valence-corrected chi connectivity index (χ1v) is 11.6. The molecule has 1 aliphatic rings. The number of hydrogen-bond acceptors (Lipinski definition) is 5. The van der Waals surface area contributed by atoms with Gasteiger partial charge in [-0.1, -0.05) is 30.3 Å². The van der Waals surface area contributed by atoms with Crippen LogP contribution in [0, 0.1) is 0 Å². The fraction of sp³-hybridized carbons (Fsp3) is 0.240. The van der Waals surface area contributed by atoms with Crippen LogP contribution in [0.5, 0.6) is 5.75 Å². The fourth-order valence-corrected chi connectivity index (χ4v) is 3.82. The maximum atomic E-state index is 12.5. The van der Waals surface area contributed by atoms with Gasteiger partial charge in [-0.3, -0.25) is 9.59 Å². The van der Waals surface area contributed by atoms with Crippen molar-refractivity contribution in [3.05, 3.63) is 88.7 Å². The maximum Gasteiger partial charge on any atom is 0.253 e. The molecule has 0 saturated carbocycles. The Labute approximate surface area is 201 Å². The first kappa shape index (κ1) is 22.8. The van der Waals surface area contributed by atoms with E-state index in [-0.39, 0.29) is 18.4 Å². The predicted octanol–water partition coefficient (Wildman–Crippen LogP) is 3.50. The van der Waals surface area contributed by atoms with E-state index in [9.17, 15) is 9.59 Å². The summed E-state index contributed by atoms with van der Waals surface area (Å²) in [5.74, 6) is 0.433. The van der Waals surface area contributed by atoms with Crippen LogP contribution in [0.1, 0.15) is 15.9 Å². The van der Waals surface area contributed by atoms with Gasteiger partial charge < -0.3 is 19.9 Å². The van der Waals surface area contributed by atoms with Gasteiger partial charge in [0.05, 0.1) is 12.1 Å². The molecule has 0 aliphatic carbocycles. The highest BCUT2D eigenvalue weighted by Crippen LogP contribution is 2.21. The maximum absolute atomic E-state index is 12.5. The fourth-order valence-electron chi connectivity index (χ4n) is 3.59. The number of halogens is 1. The largest absolute Gasteiger partial charge is 0.489 e. The van der Waals surface area contributed by atoms with Crippen LogP contribution in [0.4, 0.5) is 5.69 Å². The van der Waals surface area contributed by atoms with Crippen molar-refractivity contribution < 1.29 is 14.3 Å². The summed E-state index contributed by atoms with van der Waals surface area (Å²) in [6, 6.07) is 21.5. The predicted molar refractivity (Wildman–Crippen MR) is 130 cm³/mol. The number of amides is 2. The van der Waals surface area contributed by atoms with Crippen LogP contribution >= 0.6 is 15.9 Å². The average Bonchev–Trinajstić information content (AvgIpc) is 2.87. The number of anilines is 1. The number of nitrogens with zero attached hydrogens (tertiary/aromatic N) is 3. The molecule has 0 bridgehead atoms. The second kappa shape index (κ2) is 11.0. The number of aromatic nitrogens is 1. The van der Waals surface area contributed by atoms with Crippen LogP contribution in [-0.4, -0.2) is 54.4 Å². The van der Waals surface area contributed by atoms with Gasteiger partial charge in [0, 0.05) is 38.1 Å². The van der Waals surface area contributed by atoms with Crippen LogP contribution in [-0.2, 0) is 11.4 Å². The summed E-state index contributed by atoms with van der Waals surface area (Å²) in [5.41, 5.74) is 2.66. The lowest BCUT2D eigenvalue weighted by molar-refractivity contribution is -0.130. The topological polar surface area (TPSA) is 74.8 Å². The number of nitrogens with one attached hydrogen (secondary N) is 1. The molecule has 1 fully saturated rings. The summed E-state index contributed by atoms with van der Waals surface area (Å²) < 4.78 is 6.51. The zero-order valence-electron chi connectivity index (χ0n) is 18.1. The number of benzene rings is 2. The molecule has 1 aromatic heterocycles. The summed E-state index contributed by atoms with van der Waals surface area (Å²) in [7, 11) is 0. The van der Waals surface area contributed by atoms with Gasteiger partial charge in [-0.05, 0) is 57.9 Å². The highest BCUT2D eigenvalue weighted by atomic mass is 79.9. The Bertz CT molecular complexity index is 1070. The number of carbonyl (C=O) groups excluding carboxylic acids is 2. The summed E-state index contributed by atoms with van der Waals surface area (Å²) in [4.78, 5) is 32.8. The van der Waals surface area contributed by atoms with Crippen molar-refractivity contribution in [1.29, 1.82) is 0 Å². The second-order valence-corrected chi connectivity index (χ2v) is 8.50.